The minimum absolute atomic E-state index is 0.188. The number of carbonyl (C=O) groups excluding carboxylic acids is 2. The molecule has 0 atom stereocenters. The zero-order valence-corrected chi connectivity index (χ0v) is 22.0. The van der Waals surface area contributed by atoms with Gasteiger partial charge in [0.25, 0.3) is 0 Å². The molecule has 7 heteroatoms. The van der Waals surface area contributed by atoms with Crippen molar-refractivity contribution < 1.29 is 9.59 Å². The highest BCUT2D eigenvalue weighted by atomic mass is 16.2. The summed E-state index contributed by atoms with van der Waals surface area (Å²) in [5.74, 6) is 0. The smallest absolute Gasteiger partial charge is 0.319 e. The van der Waals surface area contributed by atoms with Crippen molar-refractivity contribution in [1.29, 1.82) is 0 Å². The van der Waals surface area contributed by atoms with Gasteiger partial charge in [-0.05, 0) is 71.1 Å². The lowest BCUT2D eigenvalue weighted by Gasteiger charge is -2.24. The van der Waals surface area contributed by atoms with Gasteiger partial charge >= 0.3 is 12.1 Å². The van der Waals surface area contributed by atoms with Crippen LogP contribution < -0.4 is 26.6 Å². The first-order valence-corrected chi connectivity index (χ1v) is 13.5. The number of amides is 4. The SMILES string of the molecule is CCCCNC(=O)Nc1cccc2cc3c(cc12)Nc1cc2c(NC(=O)NCCCC)cccc2cc1C3. The third kappa shape index (κ3) is 5.52. The molecule has 0 aliphatic carbocycles. The second kappa shape index (κ2) is 11.4. The third-order valence-corrected chi connectivity index (χ3v) is 6.99. The molecule has 4 aromatic carbocycles. The van der Waals surface area contributed by atoms with Gasteiger partial charge in [-0.25, -0.2) is 9.59 Å². The molecule has 0 saturated carbocycles. The largest absolute Gasteiger partial charge is 0.355 e. The molecule has 4 aromatic rings. The van der Waals surface area contributed by atoms with Crippen LogP contribution in [0.3, 0.4) is 0 Å². The normalized spacial score (nSPS) is 11.8. The van der Waals surface area contributed by atoms with E-state index < -0.39 is 0 Å². The topological polar surface area (TPSA) is 94.3 Å². The molecule has 1 aliphatic rings. The van der Waals surface area contributed by atoms with E-state index in [1.54, 1.807) is 0 Å². The summed E-state index contributed by atoms with van der Waals surface area (Å²) in [6, 6.07) is 20.2. The Morgan fingerprint density at radius 1 is 0.711 bits per heavy atom. The number of fused-ring (bicyclic) bond motifs is 4. The average Bonchev–Trinajstić information content (AvgIpc) is 2.90. The average molecular weight is 510 g/mol. The molecule has 0 saturated heterocycles. The summed E-state index contributed by atoms with van der Waals surface area (Å²) < 4.78 is 0. The molecular weight excluding hydrogens is 474 g/mol. The predicted octanol–water partition coefficient (Wildman–Crippen LogP) is 7.48. The molecule has 0 radical (unpaired) electrons. The maximum Gasteiger partial charge on any atom is 0.319 e. The number of hydrogen-bond donors (Lipinski definition) is 5. The van der Waals surface area contributed by atoms with E-state index in [-0.39, 0.29) is 12.1 Å². The predicted molar refractivity (Wildman–Crippen MR) is 158 cm³/mol. The molecule has 4 amide bonds. The summed E-state index contributed by atoms with van der Waals surface area (Å²) in [5.41, 5.74) is 6.02. The Kier molecular flexibility index (Phi) is 7.63. The van der Waals surface area contributed by atoms with Gasteiger partial charge in [-0.15, -0.1) is 0 Å². The van der Waals surface area contributed by atoms with Crippen molar-refractivity contribution in [3.05, 3.63) is 71.8 Å². The first kappa shape index (κ1) is 25.4. The zero-order valence-electron chi connectivity index (χ0n) is 22.0. The van der Waals surface area contributed by atoms with Crippen LogP contribution in [0.5, 0.6) is 0 Å². The van der Waals surface area contributed by atoms with E-state index in [1.807, 2.05) is 24.3 Å². The van der Waals surface area contributed by atoms with E-state index in [1.165, 1.54) is 11.1 Å². The van der Waals surface area contributed by atoms with E-state index in [9.17, 15) is 9.59 Å². The van der Waals surface area contributed by atoms with Gasteiger partial charge in [0.2, 0.25) is 0 Å². The van der Waals surface area contributed by atoms with Crippen molar-refractivity contribution in [2.75, 3.05) is 29.0 Å². The van der Waals surface area contributed by atoms with Crippen molar-refractivity contribution >= 4 is 56.4 Å². The molecule has 7 nitrogen and oxygen atoms in total. The van der Waals surface area contributed by atoms with Crippen molar-refractivity contribution in [2.45, 2.75) is 46.0 Å². The highest BCUT2D eigenvalue weighted by Gasteiger charge is 2.19. The lowest BCUT2D eigenvalue weighted by atomic mass is 9.92. The number of rotatable bonds is 8. The van der Waals surface area contributed by atoms with Crippen LogP contribution in [0.15, 0.2) is 60.7 Å². The lowest BCUT2D eigenvalue weighted by Crippen LogP contribution is -2.29. The summed E-state index contributed by atoms with van der Waals surface area (Å²) in [4.78, 5) is 24.8. The Balaban J connectivity index is 1.42. The van der Waals surface area contributed by atoms with E-state index in [2.05, 4.69) is 76.8 Å². The van der Waals surface area contributed by atoms with E-state index >= 15 is 0 Å². The van der Waals surface area contributed by atoms with Crippen molar-refractivity contribution in [3.63, 3.8) is 0 Å². The quantitative estimate of drug-likeness (QED) is 0.140. The third-order valence-electron chi connectivity index (χ3n) is 6.99. The lowest BCUT2D eigenvalue weighted by molar-refractivity contribution is 0.251. The van der Waals surface area contributed by atoms with Gasteiger partial charge in [0.05, 0.1) is 11.4 Å². The maximum absolute atomic E-state index is 12.4. The van der Waals surface area contributed by atoms with Crippen LogP contribution in [0.25, 0.3) is 21.5 Å². The van der Waals surface area contributed by atoms with E-state index in [4.69, 9.17) is 0 Å². The minimum Gasteiger partial charge on any atom is -0.355 e. The maximum atomic E-state index is 12.4. The van der Waals surface area contributed by atoms with Crippen LogP contribution >= 0.6 is 0 Å². The number of benzene rings is 4. The molecule has 1 aliphatic heterocycles. The monoisotopic (exact) mass is 509 g/mol. The summed E-state index contributed by atoms with van der Waals surface area (Å²) in [6.45, 7) is 5.52. The van der Waals surface area contributed by atoms with Crippen LogP contribution in [-0.2, 0) is 6.42 Å². The fourth-order valence-electron chi connectivity index (χ4n) is 4.93. The van der Waals surface area contributed by atoms with Crippen LogP contribution in [0.4, 0.5) is 32.3 Å². The fraction of sp³-hybridized carbons (Fsp3) is 0.290. The Hall–Kier alpha value is -4.26. The highest BCUT2D eigenvalue weighted by molar-refractivity contribution is 6.06. The number of unbranched alkanes of at least 4 members (excludes halogenated alkanes) is 2. The van der Waals surface area contributed by atoms with Gasteiger partial charge in [0, 0.05) is 41.7 Å². The summed E-state index contributed by atoms with van der Waals surface area (Å²) in [7, 11) is 0. The molecule has 5 rings (SSSR count). The number of carbonyl (C=O) groups is 2. The van der Waals surface area contributed by atoms with E-state index in [0.717, 1.165) is 76.4 Å². The number of urea groups is 2. The molecule has 196 valence electrons. The van der Waals surface area contributed by atoms with Crippen LogP contribution in [0, 0.1) is 0 Å². The molecule has 5 N–H and O–H groups in total. The second-order valence-corrected chi connectivity index (χ2v) is 9.84. The van der Waals surface area contributed by atoms with Gasteiger partial charge in [-0.1, -0.05) is 51.0 Å². The number of anilines is 4. The summed E-state index contributed by atoms with van der Waals surface area (Å²) in [6.07, 6.45) is 4.78. The highest BCUT2D eigenvalue weighted by Crippen LogP contribution is 2.40. The van der Waals surface area contributed by atoms with E-state index in [0.29, 0.717) is 13.1 Å². The van der Waals surface area contributed by atoms with Crippen LogP contribution in [0.1, 0.15) is 50.7 Å². The Labute approximate surface area is 223 Å². The van der Waals surface area contributed by atoms with Gasteiger partial charge in [-0.2, -0.15) is 0 Å². The van der Waals surface area contributed by atoms with Gasteiger partial charge in [-0.3, -0.25) is 0 Å². The Morgan fingerprint density at radius 2 is 1.18 bits per heavy atom. The van der Waals surface area contributed by atoms with Gasteiger partial charge < -0.3 is 26.6 Å². The fourth-order valence-corrected chi connectivity index (χ4v) is 4.93. The molecule has 0 aromatic heterocycles. The molecule has 0 unspecified atom stereocenters. The Bertz CT molecular complexity index is 1390. The summed E-state index contributed by atoms with van der Waals surface area (Å²) in [5, 5.41) is 19.6. The van der Waals surface area contributed by atoms with Gasteiger partial charge in [0.1, 0.15) is 0 Å². The van der Waals surface area contributed by atoms with Crippen molar-refractivity contribution in [1.82, 2.24) is 10.6 Å². The molecular formula is C31H35N5O2. The molecule has 0 bridgehead atoms. The van der Waals surface area contributed by atoms with Crippen molar-refractivity contribution in [3.8, 4) is 0 Å². The Morgan fingerprint density at radius 3 is 1.63 bits per heavy atom. The first-order chi connectivity index (χ1) is 18.6. The number of nitrogens with one attached hydrogen (secondary N) is 5. The number of hydrogen-bond acceptors (Lipinski definition) is 3. The second-order valence-electron chi connectivity index (χ2n) is 9.84. The summed E-state index contributed by atoms with van der Waals surface area (Å²) >= 11 is 0. The molecule has 0 fully saturated rings. The minimum atomic E-state index is -0.188. The van der Waals surface area contributed by atoms with Crippen molar-refractivity contribution in [2.24, 2.45) is 0 Å². The first-order valence-electron chi connectivity index (χ1n) is 13.5. The van der Waals surface area contributed by atoms with Crippen LogP contribution in [-0.4, -0.2) is 25.2 Å². The standard InChI is InChI=1S/C31H35N5O2/c1-3-5-13-32-30(37)35-26-11-7-9-20-15-22-17-23-16-21-10-8-12-27(36-31(38)33-14-6-4-2)25(21)19-29(23)34-28(22)18-24(20)26/h7-12,15-16,18-19,34H,3-6,13-14,17H2,1-2H3,(H2,32,35,37)(H2,33,36,38). The molecule has 38 heavy (non-hydrogen) atoms. The zero-order chi connectivity index (χ0) is 26.5. The molecule has 0 spiro atoms. The van der Waals surface area contributed by atoms with Crippen LogP contribution in [0.2, 0.25) is 0 Å². The van der Waals surface area contributed by atoms with Gasteiger partial charge in [0.15, 0.2) is 0 Å². The molecule has 1 heterocycles.